The zero-order chi connectivity index (χ0) is 14.1. The maximum absolute atomic E-state index is 5.82. The Kier molecular flexibility index (Phi) is 3.55. The topological polar surface area (TPSA) is 50.9 Å². The van der Waals surface area contributed by atoms with Gasteiger partial charge in [0.15, 0.2) is 0 Å². The van der Waals surface area contributed by atoms with Gasteiger partial charge in [-0.1, -0.05) is 36.4 Å². The molecule has 3 heteroatoms. The molecule has 3 rings (SSSR count). The molecular weight excluding hydrogens is 246 g/mol. The molecule has 2 aromatic rings. The molecule has 0 spiro atoms. The molecule has 0 radical (unpaired) electrons. The Bertz CT molecular complexity index is 594. The van der Waals surface area contributed by atoms with Crippen LogP contribution in [0, 0.1) is 19.8 Å². The molecule has 1 aromatic heterocycles. The van der Waals surface area contributed by atoms with E-state index >= 15 is 0 Å². The average molecular weight is 267 g/mol. The van der Waals surface area contributed by atoms with Crippen molar-refractivity contribution in [1.82, 2.24) is 10.4 Å². The summed E-state index contributed by atoms with van der Waals surface area (Å²) in [5.74, 6) is 6.99. The summed E-state index contributed by atoms with van der Waals surface area (Å²) in [6, 6.07) is 15.1. The van der Waals surface area contributed by atoms with E-state index in [0.717, 1.165) is 11.4 Å². The van der Waals surface area contributed by atoms with Crippen molar-refractivity contribution in [3.8, 4) is 0 Å². The molecule has 3 unspecified atom stereocenters. The fourth-order valence-electron chi connectivity index (χ4n) is 3.14. The minimum atomic E-state index is 0.188. The lowest BCUT2D eigenvalue weighted by Crippen LogP contribution is -2.30. The third kappa shape index (κ3) is 2.47. The summed E-state index contributed by atoms with van der Waals surface area (Å²) in [7, 11) is 0. The molecule has 0 aliphatic heterocycles. The predicted octanol–water partition coefficient (Wildman–Crippen LogP) is 3.01. The van der Waals surface area contributed by atoms with E-state index in [9.17, 15) is 0 Å². The molecule has 1 saturated carbocycles. The summed E-state index contributed by atoms with van der Waals surface area (Å²) in [5, 5.41) is 0. The van der Waals surface area contributed by atoms with Crippen LogP contribution in [0.5, 0.6) is 0 Å². The first-order valence-corrected chi connectivity index (χ1v) is 7.16. The Morgan fingerprint density at radius 1 is 1.15 bits per heavy atom. The lowest BCUT2D eigenvalue weighted by atomic mass is 9.98. The SMILES string of the molecule is Cc1ccc(C(NN)C2CC2c2ccccc2)c(C)n1. The Balaban J connectivity index is 1.82. The maximum atomic E-state index is 5.82. The van der Waals surface area contributed by atoms with Crippen molar-refractivity contribution < 1.29 is 0 Å². The molecule has 1 heterocycles. The van der Waals surface area contributed by atoms with Gasteiger partial charge in [0.05, 0.1) is 6.04 Å². The fourth-order valence-corrected chi connectivity index (χ4v) is 3.14. The number of aromatic nitrogens is 1. The van der Waals surface area contributed by atoms with E-state index < -0.39 is 0 Å². The molecule has 3 atom stereocenters. The minimum Gasteiger partial charge on any atom is -0.271 e. The number of nitrogens with two attached hydrogens (primary N) is 1. The maximum Gasteiger partial charge on any atom is 0.0512 e. The van der Waals surface area contributed by atoms with Gasteiger partial charge in [0.25, 0.3) is 0 Å². The first kappa shape index (κ1) is 13.3. The van der Waals surface area contributed by atoms with Crippen molar-refractivity contribution >= 4 is 0 Å². The molecule has 1 aromatic carbocycles. The largest absolute Gasteiger partial charge is 0.271 e. The van der Waals surface area contributed by atoms with Gasteiger partial charge >= 0.3 is 0 Å². The van der Waals surface area contributed by atoms with E-state index in [-0.39, 0.29) is 6.04 Å². The number of hydrazine groups is 1. The second-order valence-electron chi connectivity index (χ2n) is 5.69. The molecule has 3 nitrogen and oxygen atoms in total. The van der Waals surface area contributed by atoms with E-state index in [0.29, 0.717) is 11.8 Å². The molecule has 20 heavy (non-hydrogen) atoms. The first-order valence-electron chi connectivity index (χ1n) is 7.16. The Labute approximate surface area is 120 Å². The lowest BCUT2D eigenvalue weighted by Gasteiger charge is -2.18. The molecule has 1 aliphatic carbocycles. The third-order valence-electron chi connectivity index (χ3n) is 4.28. The first-order chi connectivity index (χ1) is 9.70. The highest BCUT2D eigenvalue weighted by molar-refractivity contribution is 5.32. The summed E-state index contributed by atoms with van der Waals surface area (Å²) < 4.78 is 0. The number of rotatable bonds is 4. The van der Waals surface area contributed by atoms with E-state index in [1.165, 1.54) is 17.5 Å². The van der Waals surface area contributed by atoms with Gasteiger partial charge in [-0.2, -0.15) is 0 Å². The summed E-state index contributed by atoms with van der Waals surface area (Å²) >= 11 is 0. The summed E-state index contributed by atoms with van der Waals surface area (Å²) in [6.45, 7) is 4.08. The second-order valence-corrected chi connectivity index (χ2v) is 5.69. The number of aryl methyl sites for hydroxylation is 2. The zero-order valence-corrected chi connectivity index (χ0v) is 12.0. The molecular formula is C17H21N3. The monoisotopic (exact) mass is 267 g/mol. The molecule has 0 saturated heterocycles. The molecule has 1 fully saturated rings. The molecule has 1 aliphatic rings. The number of pyridine rings is 1. The van der Waals surface area contributed by atoms with Gasteiger partial charge in [0, 0.05) is 11.4 Å². The van der Waals surface area contributed by atoms with E-state index in [1.54, 1.807) is 0 Å². The van der Waals surface area contributed by atoms with E-state index in [1.807, 2.05) is 6.92 Å². The number of hydrogen-bond acceptors (Lipinski definition) is 3. The van der Waals surface area contributed by atoms with Crippen molar-refractivity contribution in [3.63, 3.8) is 0 Å². The van der Waals surface area contributed by atoms with Gasteiger partial charge in [-0.3, -0.25) is 16.3 Å². The Hall–Kier alpha value is -1.71. The van der Waals surface area contributed by atoms with Crippen LogP contribution in [0.3, 0.4) is 0 Å². The molecule has 104 valence electrons. The third-order valence-corrected chi connectivity index (χ3v) is 4.28. The van der Waals surface area contributed by atoms with Crippen LogP contribution in [0.4, 0.5) is 0 Å². The highest BCUT2D eigenvalue weighted by Gasteiger charge is 2.44. The van der Waals surface area contributed by atoms with Crippen LogP contribution >= 0.6 is 0 Å². The van der Waals surface area contributed by atoms with E-state index in [4.69, 9.17) is 5.84 Å². The van der Waals surface area contributed by atoms with Gasteiger partial charge in [0.2, 0.25) is 0 Å². The van der Waals surface area contributed by atoms with Crippen LogP contribution in [0.25, 0.3) is 0 Å². The van der Waals surface area contributed by atoms with Crippen LogP contribution in [0.1, 0.15) is 40.9 Å². The standard InChI is InChI=1S/C17H21N3/c1-11-8-9-14(12(2)19-11)17(20-18)16-10-15(16)13-6-4-3-5-7-13/h3-9,15-17,20H,10,18H2,1-2H3. The van der Waals surface area contributed by atoms with E-state index in [2.05, 4.69) is 59.8 Å². The summed E-state index contributed by atoms with van der Waals surface area (Å²) in [6.07, 6.45) is 1.19. The average Bonchev–Trinajstić information content (AvgIpc) is 3.23. The number of nitrogens with zero attached hydrogens (tertiary/aromatic N) is 1. The van der Waals surface area contributed by atoms with Crippen LogP contribution < -0.4 is 11.3 Å². The Morgan fingerprint density at radius 2 is 1.90 bits per heavy atom. The minimum absolute atomic E-state index is 0.188. The van der Waals surface area contributed by atoms with Crippen molar-refractivity contribution in [2.75, 3.05) is 0 Å². The quantitative estimate of drug-likeness (QED) is 0.661. The van der Waals surface area contributed by atoms with Crippen LogP contribution in [-0.2, 0) is 0 Å². The van der Waals surface area contributed by atoms with Crippen LogP contribution in [-0.4, -0.2) is 4.98 Å². The van der Waals surface area contributed by atoms with Crippen molar-refractivity contribution in [3.05, 3.63) is 65.0 Å². The van der Waals surface area contributed by atoms with Crippen LogP contribution in [0.15, 0.2) is 42.5 Å². The smallest absolute Gasteiger partial charge is 0.0512 e. The van der Waals surface area contributed by atoms with Gasteiger partial charge in [-0.05, 0) is 49.3 Å². The predicted molar refractivity (Wildman–Crippen MR) is 81.1 cm³/mol. The van der Waals surface area contributed by atoms with Crippen molar-refractivity contribution in [2.45, 2.75) is 32.2 Å². The fraction of sp³-hybridized carbons (Fsp3) is 0.353. The van der Waals surface area contributed by atoms with Crippen LogP contribution in [0.2, 0.25) is 0 Å². The molecule has 0 amide bonds. The summed E-state index contributed by atoms with van der Waals surface area (Å²) in [4.78, 5) is 4.55. The summed E-state index contributed by atoms with van der Waals surface area (Å²) in [5.41, 5.74) is 7.77. The lowest BCUT2D eigenvalue weighted by molar-refractivity contribution is 0.483. The highest BCUT2D eigenvalue weighted by Crippen LogP contribution is 2.54. The molecule has 3 N–H and O–H groups in total. The van der Waals surface area contributed by atoms with Gasteiger partial charge < -0.3 is 0 Å². The van der Waals surface area contributed by atoms with Crippen molar-refractivity contribution in [2.24, 2.45) is 11.8 Å². The molecule has 0 bridgehead atoms. The van der Waals surface area contributed by atoms with Gasteiger partial charge in [0.1, 0.15) is 0 Å². The highest BCUT2D eigenvalue weighted by atomic mass is 15.2. The number of hydrogen-bond donors (Lipinski definition) is 2. The second kappa shape index (κ2) is 5.35. The van der Waals surface area contributed by atoms with Gasteiger partial charge in [-0.25, -0.2) is 0 Å². The van der Waals surface area contributed by atoms with Crippen molar-refractivity contribution in [1.29, 1.82) is 0 Å². The normalized spacial score (nSPS) is 22.6. The van der Waals surface area contributed by atoms with Gasteiger partial charge in [-0.15, -0.1) is 0 Å². The number of benzene rings is 1. The number of nitrogens with one attached hydrogen (secondary N) is 1. The Morgan fingerprint density at radius 3 is 2.55 bits per heavy atom. The zero-order valence-electron chi connectivity index (χ0n) is 12.0.